The fourth-order valence-corrected chi connectivity index (χ4v) is 5.22. The highest BCUT2D eigenvalue weighted by Gasteiger charge is 2.73. The van der Waals surface area contributed by atoms with Gasteiger partial charge in [-0.2, -0.15) is 10.1 Å². The molecule has 0 N–H and O–H groups in total. The molecule has 134 valence electrons. The van der Waals surface area contributed by atoms with E-state index in [9.17, 15) is 9.59 Å². The number of carbonyl (C=O) groups is 2. The number of methoxy groups -OCH3 is 2. The van der Waals surface area contributed by atoms with E-state index < -0.39 is 0 Å². The van der Waals surface area contributed by atoms with E-state index in [-0.39, 0.29) is 40.9 Å². The van der Waals surface area contributed by atoms with E-state index in [1.807, 2.05) is 0 Å². The smallest absolute Gasteiger partial charge is 0.254 e. The van der Waals surface area contributed by atoms with Crippen molar-refractivity contribution in [2.75, 3.05) is 14.2 Å². The van der Waals surface area contributed by atoms with Gasteiger partial charge in [0.05, 0.1) is 32.3 Å². The van der Waals surface area contributed by atoms with Crippen LogP contribution in [0.15, 0.2) is 35.5 Å². The Labute approximate surface area is 151 Å². The van der Waals surface area contributed by atoms with E-state index in [2.05, 4.69) is 17.3 Å². The van der Waals surface area contributed by atoms with Crippen LogP contribution in [0.1, 0.15) is 18.4 Å². The van der Waals surface area contributed by atoms with Crippen LogP contribution in [0, 0.1) is 29.1 Å². The Morgan fingerprint density at radius 1 is 1.08 bits per heavy atom. The van der Waals surface area contributed by atoms with Gasteiger partial charge in [0.15, 0.2) is 0 Å². The molecule has 3 aliphatic carbocycles. The summed E-state index contributed by atoms with van der Waals surface area (Å²) in [4.78, 5) is 25.8. The zero-order chi connectivity index (χ0) is 18.1. The second-order valence-corrected chi connectivity index (χ2v) is 7.56. The summed E-state index contributed by atoms with van der Waals surface area (Å²) in [6.45, 7) is 0. The van der Waals surface area contributed by atoms with Crippen molar-refractivity contribution in [3.8, 4) is 11.5 Å². The van der Waals surface area contributed by atoms with Gasteiger partial charge in [-0.15, -0.1) is 0 Å². The Morgan fingerprint density at radius 2 is 1.73 bits per heavy atom. The fraction of sp³-hybridized carbons (Fsp3) is 0.450. The van der Waals surface area contributed by atoms with E-state index in [1.54, 1.807) is 32.4 Å². The molecule has 1 saturated heterocycles. The third-order valence-corrected chi connectivity index (χ3v) is 6.58. The number of hydrogen-bond donors (Lipinski definition) is 0. The van der Waals surface area contributed by atoms with Gasteiger partial charge in [-0.1, -0.05) is 12.2 Å². The zero-order valence-electron chi connectivity index (χ0n) is 14.7. The molecule has 4 aliphatic rings. The summed E-state index contributed by atoms with van der Waals surface area (Å²) in [7, 11) is 3.14. The van der Waals surface area contributed by atoms with Crippen molar-refractivity contribution in [1.82, 2.24) is 5.01 Å². The van der Waals surface area contributed by atoms with Gasteiger partial charge in [0.2, 0.25) is 0 Å². The van der Waals surface area contributed by atoms with Gasteiger partial charge in [0, 0.05) is 11.6 Å². The Bertz CT molecular complexity index is 837. The lowest BCUT2D eigenvalue weighted by atomic mass is 9.85. The lowest BCUT2D eigenvalue weighted by Gasteiger charge is -2.18. The largest absolute Gasteiger partial charge is 0.497 e. The highest BCUT2D eigenvalue weighted by molar-refractivity contribution is 6.07. The Hall–Kier alpha value is -2.63. The van der Waals surface area contributed by atoms with Gasteiger partial charge in [0.25, 0.3) is 11.8 Å². The number of fused-ring (bicyclic) bond motifs is 3. The van der Waals surface area contributed by atoms with Crippen molar-refractivity contribution in [1.29, 1.82) is 0 Å². The molecule has 6 nitrogen and oxygen atoms in total. The number of imide groups is 1. The van der Waals surface area contributed by atoms with Gasteiger partial charge in [0.1, 0.15) is 11.5 Å². The molecule has 4 atom stereocenters. The monoisotopic (exact) mass is 352 g/mol. The summed E-state index contributed by atoms with van der Waals surface area (Å²) in [5.41, 5.74) is 0.890. The minimum absolute atomic E-state index is 0.160. The lowest BCUT2D eigenvalue weighted by molar-refractivity contribution is -0.141. The molecule has 0 unspecified atom stereocenters. The molecule has 1 heterocycles. The number of rotatable bonds is 4. The minimum Gasteiger partial charge on any atom is -0.497 e. The van der Waals surface area contributed by atoms with Gasteiger partial charge in [-0.25, -0.2) is 0 Å². The highest BCUT2D eigenvalue weighted by atomic mass is 16.5. The SMILES string of the molecule is COc1ccc(/C=N\N2C(=O)[C@H]3[C@H](C2=O)[C@H]2C=C[C@H]3C23CC3)c(OC)c1. The average molecular weight is 352 g/mol. The van der Waals surface area contributed by atoms with E-state index >= 15 is 0 Å². The molecule has 1 aromatic rings. The standard InChI is InChI=1S/C20H20N2O4/c1-25-12-4-3-11(15(9-12)26-2)10-21-22-18(23)16-13-5-6-14(17(16)19(22)24)20(13)7-8-20/h3-6,9-10,13-14,16-17H,7-8H2,1-2H3/b21-10-/t13-,14-,16-,17-/m1/s1. The predicted octanol–water partition coefficient (Wildman–Crippen LogP) is 2.23. The van der Waals surface area contributed by atoms with Crippen LogP contribution in [0.2, 0.25) is 0 Å². The summed E-state index contributed by atoms with van der Waals surface area (Å²) in [6.07, 6.45) is 8.09. The average Bonchev–Trinajstić information content (AvgIpc) is 3.26. The Morgan fingerprint density at radius 3 is 2.27 bits per heavy atom. The predicted molar refractivity (Wildman–Crippen MR) is 93.8 cm³/mol. The molecule has 0 radical (unpaired) electrons. The summed E-state index contributed by atoms with van der Waals surface area (Å²) < 4.78 is 10.5. The number of nitrogens with zero attached hydrogens (tertiary/aromatic N) is 2. The normalized spacial score (nSPS) is 32.8. The molecule has 1 aromatic carbocycles. The molecule has 6 heteroatoms. The number of allylic oxidation sites excluding steroid dienone is 2. The molecule has 3 fully saturated rings. The molecule has 5 rings (SSSR count). The van der Waals surface area contributed by atoms with E-state index in [0.717, 1.165) is 17.9 Å². The maximum Gasteiger partial charge on any atom is 0.254 e. The van der Waals surface area contributed by atoms with Crippen molar-refractivity contribution in [3.05, 3.63) is 35.9 Å². The van der Waals surface area contributed by atoms with Crippen LogP contribution in [-0.2, 0) is 9.59 Å². The first-order chi connectivity index (χ1) is 12.6. The first-order valence-corrected chi connectivity index (χ1v) is 8.93. The number of carbonyl (C=O) groups excluding carboxylic acids is 2. The molecule has 26 heavy (non-hydrogen) atoms. The Kier molecular flexibility index (Phi) is 3.12. The van der Waals surface area contributed by atoms with Crippen LogP contribution in [-0.4, -0.2) is 37.3 Å². The number of amides is 2. The molecule has 2 saturated carbocycles. The van der Waals surface area contributed by atoms with Crippen LogP contribution in [0.3, 0.4) is 0 Å². The van der Waals surface area contributed by atoms with Gasteiger partial charge >= 0.3 is 0 Å². The van der Waals surface area contributed by atoms with Crippen LogP contribution in [0.25, 0.3) is 0 Å². The van der Waals surface area contributed by atoms with Crippen molar-refractivity contribution in [3.63, 3.8) is 0 Å². The van der Waals surface area contributed by atoms with Gasteiger partial charge in [-0.05, 0) is 42.2 Å². The van der Waals surface area contributed by atoms with E-state index in [1.165, 1.54) is 6.21 Å². The van der Waals surface area contributed by atoms with Gasteiger partial charge < -0.3 is 9.47 Å². The maximum absolute atomic E-state index is 12.9. The number of ether oxygens (including phenoxy) is 2. The molecule has 1 aliphatic heterocycles. The molecule has 2 bridgehead atoms. The number of benzene rings is 1. The van der Waals surface area contributed by atoms with Crippen molar-refractivity contribution in [2.45, 2.75) is 12.8 Å². The van der Waals surface area contributed by atoms with Crippen molar-refractivity contribution >= 4 is 18.0 Å². The molecule has 2 amide bonds. The van der Waals surface area contributed by atoms with Gasteiger partial charge in [-0.3, -0.25) is 9.59 Å². The topological polar surface area (TPSA) is 68.2 Å². The Balaban J connectivity index is 1.42. The fourth-order valence-electron chi connectivity index (χ4n) is 5.22. The van der Waals surface area contributed by atoms with Crippen molar-refractivity contribution < 1.29 is 19.1 Å². The summed E-state index contributed by atoms with van der Waals surface area (Å²) in [5, 5.41) is 5.30. The second-order valence-electron chi connectivity index (χ2n) is 7.56. The summed E-state index contributed by atoms with van der Waals surface area (Å²) >= 11 is 0. The molecule has 0 aromatic heterocycles. The quantitative estimate of drug-likeness (QED) is 0.473. The second kappa shape index (κ2) is 5.19. The molecular formula is C20H20N2O4. The minimum atomic E-state index is -0.227. The number of hydrogen-bond acceptors (Lipinski definition) is 5. The van der Waals surface area contributed by atoms with Crippen LogP contribution >= 0.6 is 0 Å². The maximum atomic E-state index is 12.9. The third-order valence-electron chi connectivity index (χ3n) is 6.58. The first-order valence-electron chi connectivity index (χ1n) is 8.93. The third kappa shape index (κ3) is 1.84. The lowest BCUT2D eigenvalue weighted by Crippen LogP contribution is -2.30. The van der Waals surface area contributed by atoms with Crippen LogP contribution in [0.5, 0.6) is 11.5 Å². The first kappa shape index (κ1) is 15.6. The van der Waals surface area contributed by atoms with E-state index in [0.29, 0.717) is 17.1 Å². The molecule has 1 spiro atoms. The van der Waals surface area contributed by atoms with Crippen LogP contribution < -0.4 is 9.47 Å². The van der Waals surface area contributed by atoms with Crippen LogP contribution in [0.4, 0.5) is 0 Å². The highest BCUT2D eigenvalue weighted by Crippen LogP contribution is 2.73. The summed E-state index contributed by atoms with van der Waals surface area (Å²) in [6, 6.07) is 5.31. The summed E-state index contributed by atoms with van der Waals surface area (Å²) in [5.74, 6) is 0.892. The molecular weight excluding hydrogens is 332 g/mol. The number of hydrazone groups is 1. The van der Waals surface area contributed by atoms with E-state index in [4.69, 9.17) is 9.47 Å². The van der Waals surface area contributed by atoms with Crippen molar-refractivity contribution in [2.24, 2.45) is 34.2 Å². The zero-order valence-corrected chi connectivity index (χ0v) is 14.7.